The summed E-state index contributed by atoms with van der Waals surface area (Å²) in [4.78, 5) is 7.94. The number of aromatic nitrogens is 2. The minimum Gasteiger partial charge on any atom is -0.368 e. The molecule has 0 atom stereocenters. The molecule has 0 unspecified atom stereocenters. The van der Waals surface area contributed by atoms with Crippen LogP contribution in [-0.2, 0) is 10.0 Å². The number of thiophene rings is 1. The highest BCUT2D eigenvalue weighted by Crippen LogP contribution is 2.22. The number of nitrogens with zero attached hydrogens (tertiary/aromatic N) is 2. The Morgan fingerprint density at radius 2 is 2.05 bits per heavy atom. The molecule has 0 spiro atoms. The molecular weight excluding hydrogens is 332 g/mol. The first-order valence-electron chi connectivity index (χ1n) is 5.63. The number of halogens is 1. The largest absolute Gasteiger partial charge is 0.368 e. The second kappa shape index (κ2) is 5.84. The van der Waals surface area contributed by atoms with E-state index < -0.39 is 10.0 Å². The van der Waals surface area contributed by atoms with Gasteiger partial charge in [-0.3, -0.25) is 4.72 Å². The van der Waals surface area contributed by atoms with E-state index in [9.17, 15) is 8.42 Å². The van der Waals surface area contributed by atoms with Crippen LogP contribution in [0.15, 0.2) is 46.1 Å². The zero-order valence-corrected chi connectivity index (χ0v) is 13.0. The molecule has 0 radical (unpaired) electrons. The smallest absolute Gasteiger partial charge is 0.271 e. The zero-order chi connectivity index (χ0) is 14.2. The Morgan fingerprint density at radius 1 is 1.24 bits per heavy atom. The van der Waals surface area contributed by atoms with E-state index >= 15 is 0 Å². The molecule has 0 aliphatic heterocycles. The van der Waals surface area contributed by atoms with Gasteiger partial charge < -0.3 is 5.73 Å². The lowest BCUT2D eigenvalue weighted by Crippen LogP contribution is -2.11. The molecule has 6 nitrogen and oxygen atoms in total. The lowest BCUT2D eigenvalue weighted by atomic mass is 10.2. The van der Waals surface area contributed by atoms with Crippen LogP contribution in [-0.4, -0.2) is 18.4 Å². The number of anilines is 2. The predicted molar refractivity (Wildman–Crippen MR) is 86.3 cm³/mol. The van der Waals surface area contributed by atoms with Crippen molar-refractivity contribution in [3.63, 3.8) is 0 Å². The number of nitrogens with two attached hydrogens (primary N) is 1. The maximum Gasteiger partial charge on any atom is 0.271 e. The summed E-state index contributed by atoms with van der Waals surface area (Å²) in [6, 6.07) is 8.24. The molecule has 3 aromatic rings. The van der Waals surface area contributed by atoms with Crippen LogP contribution in [0.1, 0.15) is 0 Å². The molecule has 0 aliphatic rings. The summed E-state index contributed by atoms with van der Waals surface area (Å²) in [6.45, 7) is 0. The number of rotatable bonds is 3. The maximum atomic E-state index is 12.1. The zero-order valence-electron chi connectivity index (χ0n) is 10.6. The van der Waals surface area contributed by atoms with Gasteiger partial charge in [-0.2, -0.15) is 0 Å². The molecule has 0 bridgehead atoms. The number of sulfonamides is 1. The van der Waals surface area contributed by atoms with Crippen LogP contribution in [0.25, 0.3) is 10.9 Å². The summed E-state index contributed by atoms with van der Waals surface area (Å²) in [5.41, 5.74) is 6.62. The highest BCUT2D eigenvalue weighted by atomic mass is 35.5. The average molecular weight is 343 g/mol. The Labute approximate surface area is 131 Å². The van der Waals surface area contributed by atoms with Gasteiger partial charge in [0.05, 0.1) is 5.52 Å². The highest BCUT2D eigenvalue weighted by molar-refractivity contribution is 7.94. The molecule has 2 aromatic heterocycles. The third kappa shape index (κ3) is 3.23. The van der Waals surface area contributed by atoms with Crippen LogP contribution >= 0.6 is 23.7 Å². The van der Waals surface area contributed by atoms with Crippen molar-refractivity contribution >= 4 is 56.3 Å². The van der Waals surface area contributed by atoms with Gasteiger partial charge in [0.2, 0.25) is 5.95 Å². The molecular formula is C12H11ClN4O2S2. The van der Waals surface area contributed by atoms with Gasteiger partial charge in [0.15, 0.2) is 0 Å². The third-order valence-corrected chi connectivity index (χ3v) is 5.39. The molecule has 0 saturated heterocycles. The first-order valence-corrected chi connectivity index (χ1v) is 7.99. The quantitative estimate of drug-likeness (QED) is 0.762. The van der Waals surface area contributed by atoms with E-state index in [2.05, 4.69) is 14.7 Å². The Balaban J connectivity index is 0.00000161. The van der Waals surface area contributed by atoms with Crippen LogP contribution in [0.3, 0.4) is 0 Å². The first-order chi connectivity index (χ1) is 9.54. The highest BCUT2D eigenvalue weighted by Gasteiger charge is 2.15. The number of benzene rings is 1. The van der Waals surface area contributed by atoms with Gasteiger partial charge in [0.25, 0.3) is 10.0 Å². The van der Waals surface area contributed by atoms with E-state index in [0.717, 1.165) is 11.3 Å². The number of nitrogen functional groups attached to an aromatic ring is 1. The van der Waals surface area contributed by atoms with Crippen LogP contribution in [0.5, 0.6) is 0 Å². The molecule has 110 valence electrons. The maximum absolute atomic E-state index is 12.1. The van der Waals surface area contributed by atoms with Gasteiger partial charge in [-0.25, -0.2) is 18.4 Å². The fourth-order valence-electron chi connectivity index (χ4n) is 1.73. The molecule has 21 heavy (non-hydrogen) atoms. The van der Waals surface area contributed by atoms with Crippen molar-refractivity contribution in [3.05, 3.63) is 41.9 Å². The van der Waals surface area contributed by atoms with Crippen molar-refractivity contribution in [1.29, 1.82) is 0 Å². The van der Waals surface area contributed by atoms with Crippen molar-refractivity contribution in [3.8, 4) is 0 Å². The second-order valence-corrected chi connectivity index (χ2v) is 6.90. The molecule has 3 N–H and O–H groups in total. The summed E-state index contributed by atoms with van der Waals surface area (Å²) in [5.74, 6) is 0.185. The summed E-state index contributed by atoms with van der Waals surface area (Å²) < 4.78 is 27.0. The fraction of sp³-hybridized carbons (Fsp3) is 0. The standard InChI is InChI=1S/C12H10N4O2S2.ClH/c13-12-14-7-8-6-9(3-4-10(8)15-12)16-20(17,18)11-2-1-5-19-11;/h1-7,16H,(H2,13,14,15);1H. The summed E-state index contributed by atoms with van der Waals surface area (Å²) in [6.07, 6.45) is 1.56. The molecule has 9 heteroatoms. The monoisotopic (exact) mass is 342 g/mol. The number of hydrogen-bond acceptors (Lipinski definition) is 6. The Morgan fingerprint density at radius 3 is 2.76 bits per heavy atom. The van der Waals surface area contributed by atoms with Gasteiger partial charge in [-0.05, 0) is 29.6 Å². The SMILES string of the molecule is Cl.Nc1ncc2cc(NS(=O)(=O)c3cccs3)ccc2n1. The Kier molecular flexibility index (Phi) is 4.31. The normalized spacial score (nSPS) is 11.0. The van der Waals surface area contributed by atoms with Gasteiger partial charge in [0.1, 0.15) is 4.21 Å². The second-order valence-electron chi connectivity index (χ2n) is 4.04. The van der Waals surface area contributed by atoms with Crippen molar-refractivity contribution in [2.75, 3.05) is 10.5 Å². The van der Waals surface area contributed by atoms with Crippen molar-refractivity contribution in [1.82, 2.24) is 9.97 Å². The van der Waals surface area contributed by atoms with E-state index in [0.29, 0.717) is 16.6 Å². The van der Waals surface area contributed by atoms with Gasteiger partial charge >= 0.3 is 0 Å². The van der Waals surface area contributed by atoms with Crippen LogP contribution in [0.2, 0.25) is 0 Å². The Bertz CT molecular complexity index is 866. The fourth-order valence-corrected chi connectivity index (χ4v) is 3.78. The van der Waals surface area contributed by atoms with Crippen LogP contribution in [0, 0.1) is 0 Å². The topological polar surface area (TPSA) is 98.0 Å². The first kappa shape index (κ1) is 15.5. The molecule has 0 saturated carbocycles. The van der Waals surface area contributed by atoms with E-state index in [1.807, 2.05) is 0 Å². The average Bonchev–Trinajstić information content (AvgIpc) is 2.93. The van der Waals surface area contributed by atoms with Gasteiger partial charge in [0, 0.05) is 17.3 Å². The van der Waals surface area contributed by atoms with Gasteiger partial charge in [-0.15, -0.1) is 23.7 Å². The summed E-state index contributed by atoms with van der Waals surface area (Å²) in [5, 5.41) is 2.43. The summed E-state index contributed by atoms with van der Waals surface area (Å²) in [7, 11) is -3.54. The number of nitrogens with one attached hydrogen (secondary N) is 1. The molecule has 0 aliphatic carbocycles. The van der Waals surface area contributed by atoms with E-state index in [1.165, 1.54) is 0 Å². The summed E-state index contributed by atoms with van der Waals surface area (Å²) >= 11 is 1.16. The van der Waals surface area contributed by atoms with Crippen LogP contribution < -0.4 is 10.5 Å². The molecule has 0 fully saturated rings. The predicted octanol–water partition coefficient (Wildman–Crippen LogP) is 2.50. The third-order valence-electron chi connectivity index (χ3n) is 2.61. The van der Waals surface area contributed by atoms with E-state index in [1.54, 1.807) is 41.9 Å². The van der Waals surface area contributed by atoms with E-state index in [-0.39, 0.29) is 22.6 Å². The lowest BCUT2D eigenvalue weighted by Gasteiger charge is -2.07. The Hall–Kier alpha value is -1.90. The minimum atomic E-state index is -3.54. The lowest BCUT2D eigenvalue weighted by molar-refractivity contribution is 0.603. The van der Waals surface area contributed by atoms with E-state index in [4.69, 9.17) is 5.73 Å². The number of fused-ring (bicyclic) bond motifs is 1. The molecule has 1 aromatic carbocycles. The molecule has 0 amide bonds. The van der Waals surface area contributed by atoms with Crippen molar-refractivity contribution < 1.29 is 8.42 Å². The van der Waals surface area contributed by atoms with Crippen molar-refractivity contribution in [2.45, 2.75) is 4.21 Å². The molecule has 3 rings (SSSR count). The van der Waals surface area contributed by atoms with Crippen molar-refractivity contribution in [2.24, 2.45) is 0 Å². The molecule has 2 heterocycles. The number of hydrogen-bond donors (Lipinski definition) is 2. The minimum absolute atomic E-state index is 0. The van der Waals surface area contributed by atoms with Crippen LogP contribution in [0.4, 0.5) is 11.6 Å². The van der Waals surface area contributed by atoms with Gasteiger partial charge in [-0.1, -0.05) is 6.07 Å².